The summed E-state index contributed by atoms with van der Waals surface area (Å²) >= 11 is 0. The number of aryl methyl sites for hydroxylation is 2. The molecule has 1 heterocycles. The molecule has 1 aromatic heterocycles. The lowest BCUT2D eigenvalue weighted by molar-refractivity contribution is 0.138. The van der Waals surface area contributed by atoms with Gasteiger partial charge in [-0.3, -0.25) is 9.69 Å². The number of aromatic amines is 1. The summed E-state index contributed by atoms with van der Waals surface area (Å²) in [6, 6.07) is 10.9. The molecular weight excluding hydrogens is 298 g/mol. The molecule has 0 bridgehead atoms. The smallest absolute Gasteiger partial charge is 0.251 e. The number of rotatable bonds is 5. The second kappa shape index (κ2) is 7.75. The molecule has 1 saturated carbocycles. The van der Waals surface area contributed by atoms with E-state index in [1.54, 1.807) is 6.07 Å². The fourth-order valence-electron chi connectivity index (χ4n) is 3.74. The summed E-state index contributed by atoms with van der Waals surface area (Å²) in [5.41, 5.74) is 3.44. The predicted octanol–water partition coefficient (Wildman–Crippen LogP) is 3.72. The molecule has 2 aromatic rings. The van der Waals surface area contributed by atoms with Gasteiger partial charge in [0.2, 0.25) is 0 Å². The van der Waals surface area contributed by atoms with E-state index >= 15 is 0 Å². The molecule has 1 N–H and O–H groups in total. The summed E-state index contributed by atoms with van der Waals surface area (Å²) < 4.78 is 0. The van der Waals surface area contributed by atoms with Gasteiger partial charge in [0, 0.05) is 25.2 Å². The van der Waals surface area contributed by atoms with Crippen LogP contribution in [0.25, 0.3) is 0 Å². The lowest BCUT2D eigenvalue weighted by Crippen LogP contribution is -2.36. The number of nitrogens with zero attached hydrogens (tertiary/aromatic N) is 2. The Morgan fingerprint density at radius 3 is 2.62 bits per heavy atom. The quantitative estimate of drug-likeness (QED) is 0.911. The molecule has 1 aliphatic rings. The third-order valence-electron chi connectivity index (χ3n) is 4.84. The molecule has 128 valence electrons. The van der Waals surface area contributed by atoms with Gasteiger partial charge < -0.3 is 4.98 Å². The number of hydrogen-bond donors (Lipinski definition) is 1. The third-order valence-corrected chi connectivity index (χ3v) is 4.84. The van der Waals surface area contributed by atoms with Crippen LogP contribution >= 0.6 is 0 Å². The van der Waals surface area contributed by atoms with Crippen molar-refractivity contribution in [3.63, 3.8) is 0 Å². The van der Waals surface area contributed by atoms with Crippen LogP contribution in [0.5, 0.6) is 0 Å². The molecule has 1 aliphatic carbocycles. The SMILES string of the molecule is Cc1cccc(CN(Cc2cc(=O)[nH]c(C)n2)C2CCCCC2)c1. The minimum absolute atomic E-state index is 0.0587. The van der Waals surface area contributed by atoms with Crippen molar-refractivity contribution in [3.05, 3.63) is 63.3 Å². The fraction of sp³-hybridized carbons (Fsp3) is 0.500. The van der Waals surface area contributed by atoms with E-state index < -0.39 is 0 Å². The maximum absolute atomic E-state index is 11.8. The molecule has 1 aromatic carbocycles. The summed E-state index contributed by atoms with van der Waals surface area (Å²) in [6.07, 6.45) is 6.44. The lowest BCUT2D eigenvalue weighted by atomic mass is 9.93. The largest absolute Gasteiger partial charge is 0.311 e. The van der Waals surface area contributed by atoms with Gasteiger partial charge in [-0.15, -0.1) is 0 Å². The minimum Gasteiger partial charge on any atom is -0.311 e. The van der Waals surface area contributed by atoms with Crippen LogP contribution in [0.1, 0.15) is 54.7 Å². The number of nitrogens with one attached hydrogen (secondary N) is 1. The topological polar surface area (TPSA) is 49.0 Å². The highest BCUT2D eigenvalue weighted by atomic mass is 16.1. The zero-order valence-electron chi connectivity index (χ0n) is 14.7. The van der Waals surface area contributed by atoms with Crippen LogP contribution < -0.4 is 5.56 Å². The minimum atomic E-state index is -0.0587. The molecule has 0 spiro atoms. The average Bonchev–Trinajstić information content (AvgIpc) is 2.54. The summed E-state index contributed by atoms with van der Waals surface area (Å²) in [6.45, 7) is 5.63. The molecule has 4 heteroatoms. The van der Waals surface area contributed by atoms with Gasteiger partial charge in [0.15, 0.2) is 0 Å². The van der Waals surface area contributed by atoms with E-state index in [-0.39, 0.29) is 5.56 Å². The molecule has 24 heavy (non-hydrogen) atoms. The van der Waals surface area contributed by atoms with Crippen molar-refractivity contribution in [2.75, 3.05) is 0 Å². The molecule has 0 aliphatic heterocycles. The molecule has 3 rings (SSSR count). The number of aromatic nitrogens is 2. The van der Waals surface area contributed by atoms with Gasteiger partial charge in [-0.25, -0.2) is 4.98 Å². The highest BCUT2D eigenvalue weighted by Crippen LogP contribution is 2.25. The molecule has 1 fully saturated rings. The first kappa shape index (κ1) is 16.9. The second-order valence-electron chi connectivity index (χ2n) is 7.01. The lowest BCUT2D eigenvalue weighted by Gasteiger charge is -2.34. The van der Waals surface area contributed by atoms with E-state index in [1.165, 1.54) is 43.2 Å². The van der Waals surface area contributed by atoms with Crippen LogP contribution in [0.2, 0.25) is 0 Å². The van der Waals surface area contributed by atoms with Crippen LogP contribution in [0, 0.1) is 13.8 Å². The molecule has 0 amide bonds. The first-order chi connectivity index (χ1) is 11.6. The van der Waals surface area contributed by atoms with Gasteiger partial charge in [-0.2, -0.15) is 0 Å². The molecule has 0 radical (unpaired) electrons. The second-order valence-corrected chi connectivity index (χ2v) is 7.01. The van der Waals surface area contributed by atoms with Crippen LogP contribution in [0.15, 0.2) is 35.1 Å². The first-order valence-corrected chi connectivity index (χ1v) is 8.96. The highest BCUT2D eigenvalue weighted by Gasteiger charge is 2.22. The normalized spacial score (nSPS) is 15.8. The highest BCUT2D eigenvalue weighted by molar-refractivity contribution is 5.22. The maximum atomic E-state index is 11.8. The van der Waals surface area contributed by atoms with E-state index in [9.17, 15) is 4.79 Å². The van der Waals surface area contributed by atoms with Crippen LogP contribution in [0.3, 0.4) is 0 Å². The Hall–Kier alpha value is -1.94. The Balaban J connectivity index is 1.82. The summed E-state index contributed by atoms with van der Waals surface area (Å²) in [7, 11) is 0. The van der Waals surface area contributed by atoms with Gasteiger partial charge in [0.1, 0.15) is 5.82 Å². The summed E-state index contributed by atoms with van der Waals surface area (Å²) in [4.78, 5) is 21.5. The van der Waals surface area contributed by atoms with Crippen molar-refractivity contribution in [1.29, 1.82) is 0 Å². The van der Waals surface area contributed by atoms with Crippen molar-refractivity contribution >= 4 is 0 Å². The maximum Gasteiger partial charge on any atom is 0.251 e. The Bertz CT molecular complexity index is 732. The molecule has 0 atom stereocenters. The average molecular weight is 325 g/mol. The van der Waals surface area contributed by atoms with Crippen molar-refractivity contribution in [1.82, 2.24) is 14.9 Å². The van der Waals surface area contributed by atoms with E-state index in [1.807, 2.05) is 6.92 Å². The molecule has 4 nitrogen and oxygen atoms in total. The standard InChI is InChI=1S/C20H27N3O/c1-15-7-6-8-17(11-15)13-23(19-9-4-3-5-10-19)14-18-12-20(24)22-16(2)21-18/h6-8,11-12,19H,3-5,9-10,13-14H2,1-2H3,(H,21,22,24). The number of H-pyrrole nitrogens is 1. The summed E-state index contributed by atoms with van der Waals surface area (Å²) in [5.74, 6) is 0.691. The van der Waals surface area contributed by atoms with Crippen molar-refractivity contribution in [2.45, 2.75) is 65.1 Å². The predicted molar refractivity (Wildman–Crippen MR) is 96.9 cm³/mol. The number of benzene rings is 1. The fourth-order valence-corrected chi connectivity index (χ4v) is 3.74. The van der Waals surface area contributed by atoms with E-state index in [0.717, 1.165) is 18.8 Å². The van der Waals surface area contributed by atoms with E-state index in [0.29, 0.717) is 11.9 Å². The van der Waals surface area contributed by atoms with Crippen LogP contribution in [-0.2, 0) is 13.1 Å². The summed E-state index contributed by atoms with van der Waals surface area (Å²) in [5, 5.41) is 0. The van der Waals surface area contributed by atoms with Gasteiger partial charge in [-0.05, 0) is 32.3 Å². The van der Waals surface area contributed by atoms with Crippen LogP contribution in [0.4, 0.5) is 0 Å². The Kier molecular flexibility index (Phi) is 5.46. The van der Waals surface area contributed by atoms with Gasteiger partial charge >= 0.3 is 0 Å². The van der Waals surface area contributed by atoms with E-state index in [4.69, 9.17) is 0 Å². The number of hydrogen-bond acceptors (Lipinski definition) is 3. The van der Waals surface area contributed by atoms with Gasteiger partial charge in [0.25, 0.3) is 5.56 Å². The van der Waals surface area contributed by atoms with Gasteiger partial charge in [0.05, 0.1) is 5.69 Å². The van der Waals surface area contributed by atoms with Crippen molar-refractivity contribution in [3.8, 4) is 0 Å². The molecule has 0 saturated heterocycles. The zero-order valence-corrected chi connectivity index (χ0v) is 14.7. The Morgan fingerprint density at radius 1 is 1.12 bits per heavy atom. The third kappa shape index (κ3) is 4.54. The van der Waals surface area contributed by atoms with Crippen molar-refractivity contribution < 1.29 is 0 Å². The Labute approximate surface area is 143 Å². The van der Waals surface area contributed by atoms with Crippen LogP contribution in [-0.4, -0.2) is 20.9 Å². The molecular formula is C20H27N3O. The first-order valence-electron chi connectivity index (χ1n) is 8.96. The molecule has 0 unspecified atom stereocenters. The Morgan fingerprint density at radius 2 is 1.92 bits per heavy atom. The van der Waals surface area contributed by atoms with E-state index in [2.05, 4.69) is 46.1 Å². The zero-order chi connectivity index (χ0) is 16.9. The van der Waals surface area contributed by atoms with Gasteiger partial charge in [-0.1, -0.05) is 49.1 Å². The monoisotopic (exact) mass is 325 g/mol. The van der Waals surface area contributed by atoms with Crippen molar-refractivity contribution in [2.24, 2.45) is 0 Å².